The topological polar surface area (TPSA) is 73.6 Å². The smallest absolute Gasteiger partial charge is 0.227 e. The van der Waals surface area contributed by atoms with Crippen LogP contribution in [0.25, 0.3) is 0 Å². The Morgan fingerprint density at radius 2 is 2.20 bits per heavy atom. The predicted octanol–water partition coefficient (Wildman–Crippen LogP) is 2.16. The van der Waals surface area contributed by atoms with Crippen LogP contribution in [-0.2, 0) is 4.79 Å². The zero-order valence-electron chi connectivity index (χ0n) is 12.0. The number of ether oxygens (including phenoxy) is 2. The van der Waals surface area contributed by atoms with Crippen molar-refractivity contribution in [1.82, 2.24) is 0 Å². The van der Waals surface area contributed by atoms with E-state index in [1.54, 1.807) is 19.2 Å². The highest BCUT2D eigenvalue weighted by molar-refractivity contribution is 5.93. The minimum absolute atomic E-state index is 0.0163. The monoisotopic (exact) mass is 278 g/mol. The maximum Gasteiger partial charge on any atom is 0.227 e. The molecule has 0 saturated heterocycles. The first-order valence-electron chi connectivity index (χ1n) is 7.01. The molecule has 0 bridgehead atoms. The van der Waals surface area contributed by atoms with Crippen LogP contribution in [0.3, 0.4) is 0 Å². The van der Waals surface area contributed by atoms with Gasteiger partial charge in [-0.3, -0.25) is 4.79 Å². The van der Waals surface area contributed by atoms with E-state index in [-0.39, 0.29) is 17.9 Å². The summed E-state index contributed by atoms with van der Waals surface area (Å²) in [6, 6.07) is 5.55. The predicted molar refractivity (Wildman–Crippen MR) is 78.1 cm³/mol. The van der Waals surface area contributed by atoms with Crippen LogP contribution in [0.4, 0.5) is 5.69 Å². The zero-order valence-corrected chi connectivity index (χ0v) is 12.0. The first-order chi connectivity index (χ1) is 9.63. The Morgan fingerprint density at radius 1 is 1.40 bits per heavy atom. The minimum atomic E-state index is 0.0163. The molecular weight excluding hydrogens is 256 g/mol. The Bertz CT molecular complexity index is 476. The summed E-state index contributed by atoms with van der Waals surface area (Å²) in [4.78, 5) is 12.1. The highest BCUT2D eigenvalue weighted by atomic mass is 16.5. The van der Waals surface area contributed by atoms with Crippen molar-refractivity contribution >= 4 is 11.6 Å². The number of carbonyl (C=O) groups excluding carboxylic acids is 1. The maximum absolute atomic E-state index is 12.1. The molecule has 1 aliphatic rings. The normalized spacial score (nSPS) is 21.6. The summed E-state index contributed by atoms with van der Waals surface area (Å²) < 4.78 is 10.7. The molecule has 0 aliphatic heterocycles. The SMILES string of the molecule is CCOc1ccc(NC(=O)C2CCC(N)C2)cc1OC. The van der Waals surface area contributed by atoms with E-state index < -0.39 is 0 Å². The van der Waals surface area contributed by atoms with E-state index in [0.29, 0.717) is 18.1 Å². The number of amides is 1. The van der Waals surface area contributed by atoms with Crippen molar-refractivity contribution < 1.29 is 14.3 Å². The fourth-order valence-corrected chi connectivity index (χ4v) is 2.52. The second-order valence-corrected chi connectivity index (χ2v) is 5.06. The van der Waals surface area contributed by atoms with Crippen molar-refractivity contribution in [1.29, 1.82) is 0 Å². The Balaban J connectivity index is 2.04. The summed E-state index contributed by atoms with van der Waals surface area (Å²) in [5.41, 5.74) is 6.56. The lowest BCUT2D eigenvalue weighted by Crippen LogP contribution is -2.23. The lowest BCUT2D eigenvalue weighted by molar-refractivity contribution is -0.119. The van der Waals surface area contributed by atoms with E-state index >= 15 is 0 Å². The van der Waals surface area contributed by atoms with E-state index in [1.807, 2.05) is 13.0 Å². The Morgan fingerprint density at radius 3 is 2.80 bits per heavy atom. The molecule has 5 heteroatoms. The van der Waals surface area contributed by atoms with E-state index in [4.69, 9.17) is 15.2 Å². The summed E-state index contributed by atoms with van der Waals surface area (Å²) in [7, 11) is 1.58. The Hall–Kier alpha value is -1.75. The number of hydrogen-bond acceptors (Lipinski definition) is 4. The lowest BCUT2D eigenvalue weighted by atomic mass is 10.1. The molecule has 1 amide bonds. The summed E-state index contributed by atoms with van der Waals surface area (Å²) in [5, 5.41) is 2.92. The Labute approximate surface area is 119 Å². The highest BCUT2D eigenvalue weighted by Crippen LogP contribution is 2.31. The number of anilines is 1. The minimum Gasteiger partial charge on any atom is -0.493 e. The average molecular weight is 278 g/mol. The van der Waals surface area contributed by atoms with Gasteiger partial charge in [0.25, 0.3) is 0 Å². The molecule has 3 N–H and O–H groups in total. The third-order valence-electron chi connectivity index (χ3n) is 3.57. The molecule has 0 radical (unpaired) electrons. The molecular formula is C15H22N2O3. The fourth-order valence-electron chi connectivity index (χ4n) is 2.52. The van der Waals surface area contributed by atoms with E-state index in [0.717, 1.165) is 24.9 Å². The van der Waals surface area contributed by atoms with Gasteiger partial charge in [-0.05, 0) is 38.3 Å². The molecule has 2 rings (SSSR count). The van der Waals surface area contributed by atoms with Crippen LogP contribution in [0.1, 0.15) is 26.2 Å². The van der Waals surface area contributed by atoms with Gasteiger partial charge in [-0.25, -0.2) is 0 Å². The molecule has 1 aromatic carbocycles. The number of hydrogen-bond donors (Lipinski definition) is 2. The number of nitrogens with one attached hydrogen (secondary N) is 1. The van der Waals surface area contributed by atoms with Gasteiger partial charge in [0, 0.05) is 23.7 Å². The zero-order chi connectivity index (χ0) is 14.5. The van der Waals surface area contributed by atoms with Gasteiger partial charge in [0.15, 0.2) is 11.5 Å². The van der Waals surface area contributed by atoms with Crippen LogP contribution in [0, 0.1) is 5.92 Å². The number of methoxy groups -OCH3 is 1. The van der Waals surface area contributed by atoms with Crippen LogP contribution >= 0.6 is 0 Å². The molecule has 0 heterocycles. The van der Waals surface area contributed by atoms with E-state index in [9.17, 15) is 4.79 Å². The van der Waals surface area contributed by atoms with E-state index in [2.05, 4.69) is 5.32 Å². The number of benzene rings is 1. The van der Waals surface area contributed by atoms with Crippen LogP contribution in [-0.4, -0.2) is 25.7 Å². The maximum atomic E-state index is 12.1. The number of carbonyl (C=O) groups is 1. The molecule has 0 spiro atoms. The van der Waals surface area contributed by atoms with Crippen LogP contribution in [0.2, 0.25) is 0 Å². The molecule has 1 saturated carbocycles. The van der Waals surface area contributed by atoms with Gasteiger partial charge in [-0.1, -0.05) is 0 Å². The third-order valence-corrected chi connectivity index (χ3v) is 3.57. The van der Waals surface area contributed by atoms with Crippen LogP contribution in [0.15, 0.2) is 18.2 Å². The second-order valence-electron chi connectivity index (χ2n) is 5.06. The van der Waals surface area contributed by atoms with Crippen molar-refractivity contribution in [2.45, 2.75) is 32.2 Å². The van der Waals surface area contributed by atoms with Gasteiger partial charge >= 0.3 is 0 Å². The van der Waals surface area contributed by atoms with Gasteiger partial charge in [0.05, 0.1) is 13.7 Å². The summed E-state index contributed by atoms with van der Waals surface area (Å²) >= 11 is 0. The van der Waals surface area contributed by atoms with Crippen molar-refractivity contribution in [3.63, 3.8) is 0 Å². The quantitative estimate of drug-likeness (QED) is 0.865. The molecule has 1 aromatic rings. The molecule has 2 unspecified atom stereocenters. The molecule has 1 fully saturated rings. The van der Waals surface area contributed by atoms with Crippen molar-refractivity contribution in [3.8, 4) is 11.5 Å². The second kappa shape index (κ2) is 6.61. The first kappa shape index (κ1) is 14.7. The molecule has 2 atom stereocenters. The first-order valence-corrected chi connectivity index (χ1v) is 7.01. The summed E-state index contributed by atoms with van der Waals surface area (Å²) in [5.74, 6) is 1.34. The summed E-state index contributed by atoms with van der Waals surface area (Å²) in [6.07, 6.45) is 2.55. The number of nitrogens with two attached hydrogens (primary N) is 1. The van der Waals surface area contributed by atoms with Gasteiger partial charge in [-0.2, -0.15) is 0 Å². The average Bonchev–Trinajstić information content (AvgIpc) is 2.87. The molecule has 0 aromatic heterocycles. The summed E-state index contributed by atoms with van der Waals surface area (Å²) in [6.45, 7) is 2.49. The van der Waals surface area contributed by atoms with Crippen molar-refractivity contribution in [2.75, 3.05) is 19.0 Å². The fraction of sp³-hybridized carbons (Fsp3) is 0.533. The lowest BCUT2D eigenvalue weighted by Gasteiger charge is -2.14. The standard InChI is InChI=1S/C15H22N2O3/c1-3-20-13-7-6-12(9-14(13)19-2)17-15(18)10-4-5-11(16)8-10/h6-7,9-11H,3-5,8,16H2,1-2H3,(H,17,18). The highest BCUT2D eigenvalue weighted by Gasteiger charge is 2.27. The van der Waals surface area contributed by atoms with Crippen molar-refractivity contribution in [3.05, 3.63) is 18.2 Å². The van der Waals surface area contributed by atoms with Gasteiger partial charge in [0.1, 0.15) is 0 Å². The van der Waals surface area contributed by atoms with Crippen LogP contribution < -0.4 is 20.5 Å². The molecule has 20 heavy (non-hydrogen) atoms. The van der Waals surface area contributed by atoms with Gasteiger partial charge in [-0.15, -0.1) is 0 Å². The van der Waals surface area contributed by atoms with E-state index in [1.165, 1.54) is 0 Å². The van der Waals surface area contributed by atoms with Crippen LogP contribution in [0.5, 0.6) is 11.5 Å². The van der Waals surface area contributed by atoms with Gasteiger partial charge < -0.3 is 20.5 Å². The van der Waals surface area contributed by atoms with Gasteiger partial charge in [0.2, 0.25) is 5.91 Å². The largest absolute Gasteiger partial charge is 0.493 e. The molecule has 1 aliphatic carbocycles. The number of rotatable bonds is 5. The third kappa shape index (κ3) is 3.42. The Kier molecular flexibility index (Phi) is 4.84. The van der Waals surface area contributed by atoms with Crippen molar-refractivity contribution in [2.24, 2.45) is 11.7 Å². The molecule has 110 valence electrons. The molecule has 5 nitrogen and oxygen atoms in total.